The molecular weight excluding hydrogens is 1050 g/mol. The van der Waals surface area contributed by atoms with Crippen LogP contribution in [-0.4, -0.2) is 126 Å². The summed E-state index contributed by atoms with van der Waals surface area (Å²) in [6.07, 6.45) is 5.59. The van der Waals surface area contributed by atoms with Crippen molar-refractivity contribution in [2.24, 2.45) is 11.8 Å². The van der Waals surface area contributed by atoms with Crippen molar-refractivity contribution in [1.29, 1.82) is 0 Å². The highest BCUT2D eigenvalue weighted by atomic mass is 19.2. The molecule has 424 valence electrons. The number of imidazole rings is 2. The van der Waals surface area contributed by atoms with E-state index in [1.165, 1.54) is 47.2 Å². The average molecular weight is 1110 g/mol. The first kappa shape index (κ1) is 53.6. The van der Waals surface area contributed by atoms with E-state index in [2.05, 4.69) is 15.3 Å². The Hall–Kier alpha value is -7.07. The molecule has 2 aromatic heterocycles. The van der Waals surface area contributed by atoms with E-state index in [0.717, 1.165) is 31.4 Å². The van der Waals surface area contributed by atoms with Crippen molar-refractivity contribution in [3.05, 3.63) is 112 Å². The third-order valence-electron chi connectivity index (χ3n) is 17.5. The molecule has 80 heavy (non-hydrogen) atoms. The fraction of sp³-hybridized carbons (Fsp3) is 0.500. The highest BCUT2D eigenvalue weighted by Gasteiger charge is 2.43. The lowest BCUT2D eigenvalue weighted by molar-refractivity contribution is -0.137. The Morgan fingerprint density at radius 3 is 1.65 bits per heavy atom. The van der Waals surface area contributed by atoms with Crippen LogP contribution in [-0.2, 0) is 23.8 Å². The Morgan fingerprint density at radius 1 is 0.613 bits per heavy atom. The number of halogens is 6. The van der Waals surface area contributed by atoms with Crippen LogP contribution in [0, 0.1) is 46.7 Å². The van der Waals surface area contributed by atoms with Gasteiger partial charge in [-0.1, -0.05) is 6.07 Å². The Labute approximate surface area is 458 Å². The summed E-state index contributed by atoms with van der Waals surface area (Å²) in [4.78, 5) is 65.2. The van der Waals surface area contributed by atoms with Crippen LogP contribution in [0.15, 0.2) is 54.6 Å². The second-order valence-electron chi connectivity index (χ2n) is 22.1. The number of alkyl carbamates (subject to hydrolysis) is 1. The van der Waals surface area contributed by atoms with Gasteiger partial charge in [-0.25, -0.2) is 41.1 Å². The van der Waals surface area contributed by atoms with E-state index in [1.54, 1.807) is 21.9 Å². The first-order chi connectivity index (χ1) is 38.8. The van der Waals surface area contributed by atoms with Crippen molar-refractivity contribution in [1.82, 2.24) is 35.1 Å². The number of nitrogens with one attached hydrogen (secondary N) is 3. The summed E-state index contributed by atoms with van der Waals surface area (Å²) >= 11 is 0. The van der Waals surface area contributed by atoms with Crippen molar-refractivity contribution in [2.45, 2.75) is 101 Å². The first-order valence-electron chi connectivity index (χ1n) is 28.0. The van der Waals surface area contributed by atoms with Crippen molar-refractivity contribution in [2.75, 3.05) is 87.5 Å². The summed E-state index contributed by atoms with van der Waals surface area (Å²) in [6, 6.07) is 8.26. The molecule has 6 aromatic rings. The number of piperazine rings is 1. The van der Waals surface area contributed by atoms with Gasteiger partial charge in [-0.05, 0) is 125 Å². The molecule has 5 atom stereocenters. The fourth-order valence-electron chi connectivity index (χ4n) is 13.5. The molecule has 4 aromatic carbocycles. The maximum absolute atomic E-state index is 17.0. The van der Waals surface area contributed by atoms with E-state index < -0.39 is 65.2 Å². The number of hydrogen-bond donors (Lipinski definition) is 3. The maximum Gasteiger partial charge on any atom is 0.407 e. The minimum Gasteiger partial charge on any atom is -0.453 e. The summed E-state index contributed by atoms with van der Waals surface area (Å²) in [5.41, 5.74) is 1.38. The molecule has 0 unspecified atom stereocenters. The molecule has 6 fully saturated rings. The molecule has 3 amide bonds. The highest BCUT2D eigenvalue weighted by Crippen LogP contribution is 2.50. The summed E-state index contributed by atoms with van der Waals surface area (Å²) in [5.74, 6) is -3.85. The quantitative estimate of drug-likeness (QED) is 0.1000. The molecule has 22 heteroatoms. The molecule has 6 aliphatic heterocycles. The van der Waals surface area contributed by atoms with Crippen molar-refractivity contribution < 1.29 is 54.9 Å². The van der Waals surface area contributed by atoms with Crippen LogP contribution in [0.2, 0.25) is 0 Å². The Kier molecular flexibility index (Phi) is 15.0. The summed E-state index contributed by atoms with van der Waals surface area (Å²) in [7, 11) is 1.24. The number of ether oxygens (including phenoxy) is 3. The minimum absolute atomic E-state index is 0.0251. The number of aromatic nitrogens is 4. The molecule has 16 nitrogen and oxygen atoms in total. The zero-order valence-electron chi connectivity index (χ0n) is 44.4. The molecular formula is C58H64F6N10O6. The summed E-state index contributed by atoms with van der Waals surface area (Å²) < 4.78 is 113. The maximum atomic E-state index is 17.0. The Bertz CT molecular complexity index is 3260. The van der Waals surface area contributed by atoms with Crippen LogP contribution in [0.5, 0.6) is 0 Å². The lowest BCUT2D eigenvalue weighted by Crippen LogP contribution is -2.53. The number of rotatable bonds is 12. The molecule has 0 bridgehead atoms. The van der Waals surface area contributed by atoms with Gasteiger partial charge in [-0.2, -0.15) is 0 Å². The number of likely N-dealkylation sites (tertiary alicyclic amines) is 2. The normalized spacial score (nSPS) is 22.8. The van der Waals surface area contributed by atoms with Gasteiger partial charge in [0, 0.05) is 88.9 Å². The number of nitrogens with zero attached hydrogens (tertiary/aromatic N) is 7. The van der Waals surface area contributed by atoms with Gasteiger partial charge in [0.2, 0.25) is 11.8 Å². The molecule has 8 heterocycles. The number of methoxy groups -OCH3 is 1. The number of para-hydroxylation sites is 1. The summed E-state index contributed by atoms with van der Waals surface area (Å²) in [5, 5.41) is 2.76. The van der Waals surface area contributed by atoms with Crippen molar-refractivity contribution in [3.8, 4) is 0 Å². The van der Waals surface area contributed by atoms with Crippen LogP contribution >= 0.6 is 0 Å². The molecule has 12 rings (SSSR count). The van der Waals surface area contributed by atoms with Gasteiger partial charge in [0.15, 0.2) is 11.6 Å². The second kappa shape index (κ2) is 22.5. The summed E-state index contributed by atoms with van der Waals surface area (Å²) in [6.45, 7) is 3.37. The number of hydrogen-bond acceptors (Lipinski definition) is 11. The topological polar surface area (TPSA) is 164 Å². The van der Waals surface area contributed by atoms with Gasteiger partial charge >= 0.3 is 6.09 Å². The number of amides is 3. The molecule has 0 saturated carbocycles. The average Bonchev–Trinajstić information content (AvgIpc) is 4.45. The number of H-pyrrole nitrogens is 2. The van der Waals surface area contributed by atoms with E-state index in [9.17, 15) is 23.2 Å². The predicted octanol–water partition coefficient (Wildman–Crippen LogP) is 9.98. The van der Waals surface area contributed by atoms with Crippen LogP contribution in [0.3, 0.4) is 0 Å². The van der Waals surface area contributed by atoms with Gasteiger partial charge in [0.05, 0.1) is 53.3 Å². The second-order valence-corrected chi connectivity index (χ2v) is 22.1. The molecule has 3 N–H and O–H groups in total. The molecule has 6 saturated heterocycles. The van der Waals surface area contributed by atoms with Crippen LogP contribution < -0.4 is 20.0 Å². The Morgan fingerprint density at radius 2 is 1.11 bits per heavy atom. The van der Waals surface area contributed by atoms with E-state index in [1.807, 2.05) is 4.90 Å². The molecule has 0 spiro atoms. The SMILES string of the molecule is COC(=O)N[C@H](C(=O)N1CCC[C@H]1c1nc2cc([C@H]3CC[C@H](c4cc5nc([C@@H]6CCCN6C(=O)CC6CCOCC6)[nH]c5cc4F)N3c3cc(F)c(N4CCN(c5c(F)cccc5F)CC4)c(F)c3)c(F)cc2[nH]1)C1CCOCC1. The van der Waals surface area contributed by atoms with Crippen molar-refractivity contribution >= 4 is 57.0 Å². The monoisotopic (exact) mass is 1110 g/mol. The van der Waals surface area contributed by atoms with Gasteiger partial charge < -0.3 is 54.0 Å². The number of fused-ring (bicyclic) bond motifs is 2. The third kappa shape index (κ3) is 10.3. The van der Waals surface area contributed by atoms with E-state index in [-0.39, 0.29) is 96.9 Å². The molecule has 0 aliphatic carbocycles. The lowest BCUT2D eigenvalue weighted by Gasteiger charge is -2.38. The standard InChI is InChI=1S/C58H64F6N10O6/c1-78-58(77)69-52(33-13-23-80-24-14-33)57(76)73-16-4-8-50(73)56-66-44-29-36(40(62)31-46(44)68-56)48-10-9-47(74(48)34-26-41(63)54(42(64)27-34)71-19-17-70(18-20-71)53-37(59)5-2-6-38(53)60)35-28-43-45(30-39(35)61)67-55(65-43)49-7-3-15-72(49)51(75)25-32-11-21-79-22-12-32/h2,5-6,26-33,47-50,52H,3-4,7-25H2,1H3,(H,65,67)(H,66,68)(H,69,77)/t47-,48-,49+,50+,52+/m1/s1. The largest absolute Gasteiger partial charge is 0.453 e. The number of anilines is 3. The fourth-order valence-corrected chi connectivity index (χ4v) is 13.5. The van der Waals surface area contributed by atoms with Crippen LogP contribution in [0.1, 0.15) is 118 Å². The first-order valence-corrected chi connectivity index (χ1v) is 28.0. The number of carbonyl (C=O) groups excluding carboxylic acids is 3. The molecule has 0 radical (unpaired) electrons. The van der Waals surface area contributed by atoms with Crippen LogP contribution in [0.25, 0.3) is 22.1 Å². The predicted molar refractivity (Wildman–Crippen MR) is 285 cm³/mol. The smallest absolute Gasteiger partial charge is 0.407 e. The van der Waals surface area contributed by atoms with Gasteiger partial charge in [-0.3, -0.25) is 9.59 Å². The zero-order chi connectivity index (χ0) is 55.3. The van der Waals surface area contributed by atoms with Gasteiger partial charge in [-0.15, -0.1) is 0 Å². The molecule has 6 aliphatic rings. The van der Waals surface area contributed by atoms with E-state index in [0.29, 0.717) is 112 Å². The van der Waals surface area contributed by atoms with Crippen molar-refractivity contribution in [3.63, 3.8) is 0 Å². The number of carbonyl (C=O) groups is 3. The van der Waals surface area contributed by atoms with Gasteiger partial charge in [0.25, 0.3) is 0 Å². The van der Waals surface area contributed by atoms with Gasteiger partial charge in [0.1, 0.15) is 52.3 Å². The minimum atomic E-state index is -0.931. The zero-order valence-corrected chi connectivity index (χ0v) is 44.4. The highest BCUT2D eigenvalue weighted by molar-refractivity contribution is 5.87. The van der Waals surface area contributed by atoms with E-state index in [4.69, 9.17) is 24.2 Å². The third-order valence-corrected chi connectivity index (χ3v) is 17.5. The Balaban J connectivity index is 0.870. The van der Waals surface area contributed by atoms with Crippen LogP contribution in [0.4, 0.5) is 48.2 Å². The number of aromatic amines is 2. The lowest BCUT2D eigenvalue weighted by atomic mass is 9.90. The van der Waals surface area contributed by atoms with E-state index >= 15 is 17.6 Å². The number of benzene rings is 4.